The smallest absolute Gasteiger partial charge is 0.148 e. The molecule has 0 unspecified atom stereocenters. The molecule has 0 aliphatic heterocycles. The van der Waals surface area contributed by atoms with E-state index in [9.17, 15) is 8.78 Å². The Kier molecular flexibility index (Phi) is 4.49. The number of hydrogen-bond donors (Lipinski definition) is 2. The highest BCUT2D eigenvalue weighted by Gasteiger charge is 2.10. The molecule has 1 aromatic heterocycles. The number of rotatable bonds is 4. The van der Waals surface area contributed by atoms with Gasteiger partial charge in [0, 0.05) is 25.6 Å². The average molecular weight is 343 g/mol. The maximum absolute atomic E-state index is 13.8. The predicted molar refractivity (Wildman–Crippen MR) is 78.3 cm³/mol. The summed E-state index contributed by atoms with van der Waals surface area (Å²) in [5.74, 6) is 0.505. The van der Waals surface area contributed by atoms with E-state index in [1.165, 1.54) is 0 Å². The Bertz CT molecular complexity index is 612. The van der Waals surface area contributed by atoms with Crippen molar-refractivity contribution in [3.05, 3.63) is 40.1 Å². The van der Waals surface area contributed by atoms with Crippen LogP contribution in [0.5, 0.6) is 0 Å². The van der Waals surface area contributed by atoms with Gasteiger partial charge in [0.2, 0.25) is 0 Å². The first-order chi connectivity index (χ1) is 9.53. The molecule has 1 heterocycles. The van der Waals surface area contributed by atoms with Crippen LogP contribution >= 0.6 is 15.9 Å². The van der Waals surface area contributed by atoms with Crippen molar-refractivity contribution in [2.75, 3.05) is 17.7 Å². The number of nitrogens with zero attached hydrogens (tertiary/aromatic N) is 2. The molecule has 0 amide bonds. The third kappa shape index (κ3) is 3.22. The molecule has 1 aromatic carbocycles. The highest BCUT2D eigenvalue weighted by atomic mass is 79.9. The van der Waals surface area contributed by atoms with Crippen molar-refractivity contribution < 1.29 is 8.78 Å². The molecule has 20 heavy (non-hydrogen) atoms. The molecule has 2 aromatic rings. The van der Waals surface area contributed by atoms with E-state index in [1.54, 1.807) is 13.1 Å². The van der Waals surface area contributed by atoms with Crippen LogP contribution in [0.2, 0.25) is 0 Å². The fourth-order valence-corrected chi connectivity index (χ4v) is 1.92. The van der Waals surface area contributed by atoms with Crippen molar-refractivity contribution in [1.82, 2.24) is 9.97 Å². The number of aromatic nitrogens is 2. The van der Waals surface area contributed by atoms with Gasteiger partial charge in [-0.25, -0.2) is 18.7 Å². The molecule has 0 bridgehead atoms. The molecule has 0 radical (unpaired) electrons. The molecular formula is C13H13BrF2N4. The van der Waals surface area contributed by atoms with Gasteiger partial charge in [-0.2, -0.15) is 0 Å². The van der Waals surface area contributed by atoms with Crippen molar-refractivity contribution in [2.45, 2.75) is 13.3 Å². The normalized spacial score (nSPS) is 10.4. The fourth-order valence-electron chi connectivity index (χ4n) is 1.60. The minimum atomic E-state index is -0.569. The van der Waals surface area contributed by atoms with E-state index in [1.807, 2.05) is 6.92 Å². The predicted octanol–water partition coefficient (Wildman–Crippen LogP) is 3.87. The van der Waals surface area contributed by atoms with Gasteiger partial charge >= 0.3 is 0 Å². The Morgan fingerprint density at radius 2 is 1.80 bits per heavy atom. The first-order valence-corrected chi connectivity index (χ1v) is 6.80. The van der Waals surface area contributed by atoms with Gasteiger partial charge in [-0.15, -0.1) is 0 Å². The van der Waals surface area contributed by atoms with E-state index in [4.69, 9.17) is 0 Å². The van der Waals surface area contributed by atoms with E-state index in [2.05, 4.69) is 36.5 Å². The zero-order valence-corrected chi connectivity index (χ0v) is 12.6. The fraction of sp³-hybridized carbons (Fsp3) is 0.231. The summed E-state index contributed by atoms with van der Waals surface area (Å²) in [6, 6.07) is 3.77. The van der Waals surface area contributed by atoms with E-state index >= 15 is 0 Å². The summed E-state index contributed by atoms with van der Waals surface area (Å²) in [5.41, 5.74) is 0.0218. The Morgan fingerprint density at radius 1 is 1.10 bits per heavy atom. The van der Waals surface area contributed by atoms with Gasteiger partial charge in [0.1, 0.15) is 29.1 Å². The lowest BCUT2D eigenvalue weighted by molar-refractivity contribution is 0.597. The molecule has 2 rings (SSSR count). The lowest BCUT2D eigenvalue weighted by Crippen LogP contribution is -2.04. The van der Waals surface area contributed by atoms with Crippen LogP contribution in [0.4, 0.5) is 26.1 Å². The summed E-state index contributed by atoms with van der Waals surface area (Å²) in [4.78, 5) is 8.45. The zero-order chi connectivity index (χ0) is 14.7. The second-order valence-corrected chi connectivity index (χ2v) is 4.88. The molecular weight excluding hydrogens is 330 g/mol. The molecule has 2 N–H and O–H groups in total. The van der Waals surface area contributed by atoms with Crippen molar-refractivity contribution >= 4 is 33.3 Å². The number of anilines is 3. The zero-order valence-electron chi connectivity index (χ0n) is 11.0. The highest BCUT2D eigenvalue weighted by Crippen LogP contribution is 2.26. The highest BCUT2D eigenvalue weighted by molar-refractivity contribution is 9.10. The van der Waals surface area contributed by atoms with Crippen LogP contribution in [0.1, 0.15) is 12.7 Å². The average Bonchev–Trinajstić information content (AvgIpc) is 2.44. The molecule has 7 heteroatoms. The van der Waals surface area contributed by atoms with Gasteiger partial charge in [-0.3, -0.25) is 0 Å². The molecule has 0 aliphatic rings. The van der Waals surface area contributed by atoms with Gasteiger partial charge < -0.3 is 10.6 Å². The second-order valence-electron chi connectivity index (χ2n) is 4.03. The number of halogens is 3. The number of aryl methyl sites for hydroxylation is 1. The Balaban J connectivity index is 2.36. The molecule has 0 aliphatic carbocycles. The number of benzene rings is 1. The summed E-state index contributed by atoms with van der Waals surface area (Å²) in [5, 5.41) is 5.66. The Labute approximate surface area is 123 Å². The second kappa shape index (κ2) is 6.13. The van der Waals surface area contributed by atoms with Crippen molar-refractivity contribution in [2.24, 2.45) is 0 Å². The van der Waals surface area contributed by atoms with Crippen molar-refractivity contribution in [1.29, 1.82) is 0 Å². The van der Waals surface area contributed by atoms with Crippen LogP contribution in [0.15, 0.2) is 22.7 Å². The van der Waals surface area contributed by atoms with Crippen LogP contribution in [0.3, 0.4) is 0 Å². The van der Waals surface area contributed by atoms with Crippen molar-refractivity contribution in [3.8, 4) is 0 Å². The van der Waals surface area contributed by atoms with Crippen LogP contribution in [0, 0.1) is 11.6 Å². The van der Waals surface area contributed by atoms with Gasteiger partial charge in [-0.05, 0) is 22.0 Å². The summed E-state index contributed by atoms with van der Waals surface area (Å²) >= 11 is 2.93. The summed E-state index contributed by atoms with van der Waals surface area (Å²) < 4.78 is 27.3. The third-order valence-corrected chi connectivity index (χ3v) is 3.23. The molecule has 0 spiro atoms. The van der Waals surface area contributed by atoms with Gasteiger partial charge in [0.05, 0.1) is 10.2 Å². The van der Waals surface area contributed by atoms with Crippen LogP contribution < -0.4 is 10.6 Å². The molecule has 0 saturated heterocycles. The minimum Gasteiger partial charge on any atom is -0.373 e. The topological polar surface area (TPSA) is 49.8 Å². The number of hydrogen-bond acceptors (Lipinski definition) is 4. The largest absolute Gasteiger partial charge is 0.373 e. The molecule has 0 saturated carbocycles. The molecule has 0 fully saturated rings. The van der Waals surface area contributed by atoms with Gasteiger partial charge in [0.25, 0.3) is 0 Å². The summed E-state index contributed by atoms with van der Waals surface area (Å²) in [6.07, 6.45) is 0.640. The van der Waals surface area contributed by atoms with Gasteiger partial charge in [0.15, 0.2) is 0 Å². The van der Waals surface area contributed by atoms with E-state index < -0.39 is 11.6 Å². The first kappa shape index (κ1) is 14.6. The van der Waals surface area contributed by atoms with E-state index in [0.717, 1.165) is 12.1 Å². The lowest BCUT2D eigenvalue weighted by Gasteiger charge is -2.10. The molecule has 106 valence electrons. The standard InChI is InChI=1S/C13H13BrF2N4/c1-3-11-19-12(17-2)6-13(20-11)18-10-5-8(15)7(14)4-9(10)16/h4-6H,3H2,1-2H3,(H2,17,18,19,20). The Hall–Kier alpha value is -1.76. The lowest BCUT2D eigenvalue weighted by atomic mass is 10.3. The van der Waals surface area contributed by atoms with Gasteiger partial charge in [-0.1, -0.05) is 6.92 Å². The number of nitrogens with one attached hydrogen (secondary N) is 2. The summed E-state index contributed by atoms with van der Waals surface area (Å²) in [7, 11) is 1.73. The molecule has 0 atom stereocenters. The quantitative estimate of drug-likeness (QED) is 0.828. The van der Waals surface area contributed by atoms with Crippen LogP contribution in [-0.4, -0.2) is 17.0 Å². The Morgan fingerprint density at radius 3 is 2.45 bits per heavy atom. The monoisotopic (exact) mass is 342 g/mol. The SMILES string of the molecule is CCc1nc(NC)cc(Nc2cc(F)c(Br)cc2F)n1. The maximum Gasteiger partial charge on any atom is 0.148 e. The minimum absolute atomic E-state index is 0.0218. The van der Waals surface area contributed by atoms with Crippen molar-refractivity contribution in [3.63, 3.8) is 0 Å². The van der Waals surface area contributed by atoms with E-state index in [-0.39, 0.29) is 10.2 Å². The third-order valence-electron chi connectivity index (χ3n) is 2.62. The summed E-state index contributed by atoms with van der Waals surface area (Å²) in [6.45, 7) is 1.92. The maximum atomic E-state index is 13.8. The molecule has 4 nitrogen and oxygen atoms in total. The first-order valence-electron chi connectivity index (χ1n) is 6.00. The van der Waals surface area contributed by atoms with Crippen LogP contribution in [0.25, 0.3) is 0 Å². The van der Waals surface area contributed by atoms with Crippen LogP contribution in [-0.2, 0) is 6.42 Å². The van der Waals surface area contributed by atoms with E-state index in [0.29, 0.717) is 23.9 Å².